The molecule has 0 saturated carbocycles. The van der Waals surface area contributed by atoms with Crippen molar-refractivity contribution in [1.82, 2.24) is 4.98 Å². The van der Waals surface area contributed by atoms with Gasteiger partial charge in [-0.25, -0.2) is 9.78 Å². The molecule has 0 saturated heterocycles. The normalized spacial score (nSPS) is 13.5. The summed E-state index contributed by atoms with van der Waals surface area (Å²) < 4.78 is 17.2. The van der Waals surface area contributed by atoms with Gasteiger partial charge in [-0.1, -0.05) is 29.8 Å². The molecule has 0 aliphatic carbocycles. The molecular weight excluding hydrogens is 438 g/mol. The first-order valence-electron chi connectivity index (χ1n) is 10.00. The number of hydrogen-bond acceptors (Lipinski definition) is 6. The van der Waals surface area contributed by atoms with Crippen molar-refractivity contribution in [2.75, 3.05) is 13.2 Å². The van der Waals surface area contributed by atoms with Crippen molar-refractivity contribution >= 4 is 28.9 Å². The minimum absolute atomic E-state index is 0.297. The number of thiazole rings is 1. The highest BCUT2D eigenvalue weighted by Crippen LogP contribution is 2.39. The van der Waals surface area contributed by atoms with Gasteiger partial charge in [0.25, 0.3) is 0 Å². The molecule has 1 aromatic heterocycles. The second-order valence-corrected chi connectivity index (χ2v) is 8.35. The van der Waals surface area contributed by atoms with Crippen LogP contribution in [0.1, 0.15) is 23.7 Å². The number of nitrogens with zero attached hydrogens (tertiary/aromatic N) is 1. The van der Waals surface area contributed by atoms with Crippen molar-refractivity contribution in [2.45, 2.75) is 32.5 Å². The molecule has 2 aromatic carbocycles. The van der Waals surface area contributed by atoms with E-state index in [1.54, 1.807) is 18.3 Å². The lowest BCUT2D eigenvalue weighted by Crippen LogP contribution is -2.26. The van der Waals surface area contributed by atoms with Crippen molar-refractivity contribution in [3.8, 4) is 22.1 Å². The maximum absolute atomic E-state index is 11.4. The lowest BCUT2D eigenvalue weighted by molar-refractivity contribution is -0.149. The van der Waals surface area contributed by atoms with Crippen LogP contribution in [0.4, 0.5) is 0 Å². The Morgan fingerprint density at radius 3 is 2.84 bits per heavy atom. The molecular formula is C23H22ClNO5S. The fourth-order valence-corrected chi connectivity index (χ4v) is 4.44. The molecule has 1 unspecified atom stereocenters. The van der Waals surface area contributed by atoms with Crippen LogP contribution in [0.3, 0.4) is 0 Å². The van der Waals surface area contributed by atoms with E-state index in [2.05, 4.69) is 4.98 Å². The van der Waals surface area contributed by atoms with Crippen molar-refractivity contribution < 1.29 is 24.1 Å². The molecule has 1 aliphatic rings. The second kappa shape index (κ2) is 9.68. The summed E-state index contributed by atoms with van der Waals surface area (Å²) in [6.07, 6.45) is 0.145. The number of ether oxygens (including phenoxy) is 3. The predicted octanol–water partition coefficient (Wildman–Crippen LogP) is 5.01. The average molecular weight is 460 g/mol. The lowest BCUT2D eigenvalue weighted by Gasteiger charge is -2.16. The van der Waals surface area contributed by atoms with Gasteiger partial charge in [-0.15, -0.1) is 11.3 Å². The van der Waals surface area contributed by atoms with Gasteiger partial charge in [0.05, 0.1) is 12.3 Å². The smallest absolute Gasteiger partial charge is 0.333 e. The quantitative estimate of drug-likeness (QED) is 0.484. The van der Waals surface area contributed by atoms with Crippen LogP contribution >= 0.6 is 22.9 Å². The molecule has 6 nitrogen and oxygen atoms in total. The molecule has 0 amide bonds. The molecule has 4 rings (SSSR count). The summed E-state index contributed by atoms with van der Waals surface area (Å²) in [5.74, 6) is 0.363. The van der Waals surface area contributed by atoms with Gasteiger partial charge in [0, 0.05) is 41.0 Å². The molecule has 0 fully saturated rings. The van der Waals surface area contributed by atoms with Crippen molar-refractivity contribution in [3.63, 3.8) is 0 Å². The summed E-state index contributed by atoms with van der Waals surface area (Å²) in [5, 5.41) is 13.0. The lowest BCUT2D eigenvalue weighted by atomic mass is 9.99. The Labute approximate surface area is 189 Å². The third-order valence-electron chi connectivity index (χ3n) is 4.99. The number of halogens is 1. The predicted molar refractivity (Wildman–Crippen MR) is 119 cm³/mol. The molecule has 0 radical (unpaired) electrons. The Hall–Kier alpha value is -2.61. The van der Waals surface area contributed by atoms with Crippen molar-refractivity contribution in [3.05, 3.63) is 63.6 Å². The number of benzene rings is 2. The molecule has 0 bridgehead atoms. The molecule has 1 N–H and O–H groups in total. The molecule has 31 heavy (non-hydrogen) atoms. The van der Waals surface area contributed by atoms with Crippen molar-refractivity contribution in [1.29, 1.82) is 0 Å². The zero-order valence-corrected chi connectivity index (χ0v) is 18.5. The Morgan fingerprint density at radius 2 is 2.10 bits per heavy atom. The van der Waals surface area contributed by atoms with E-state index in [9.17, 15) is 9.90 Å². The highest BCUT2D eigenvalue weighted by atomic mass is 35.5. The van der Waals surface area contributed by atoms with E-state index in [0.29, 0.717) is 42.8 Å². The first-order valence-corrected chi connectivity index (χ1v) is 11.3. The van der Waals surface area contributed by atoms with Crippen LogP contribution in [-0.4, -0.2) is 35.4 Å². The van der Waals surface area contributed by atoms with Gasteiger partial charge in [0.15, 0.2) is 17.6 Å². The molecule has 1 aliphatic heterocycles. The fraction of sp³-hybridized carbons (Fsp3) is 0.304. The SMILES string of the molecule is CCOC(Cc1ccc(OCc2csc(-c3ccc(Cl)cc3)n2)c2c1CCO2)C(=O)O. The topological polar surface area (TPSA) is 77.9 Å². The zero-order valence-electron chi connectivity index (χ0n) is 17.0. The van der Waals surface area contributed by atoms with Crippen LogP contribution in [0.2, 0.25) is 5.02 Å². The number of hydrogen-bond donors (Lipinski definition) is 1. The van der Waals surface area contributed by atoms with Crippen LogP contribution < -0.4 is 9.47 Å². The van der Waals surface area contributed by atoms with E-state index in [1.807, 2.05) is 41.8 Å². The van der Waals surface area contributed by atoms with E-state index in [-0.39, 0.29) is 0 Å². The Balaban J connectivity index is 1.47. The van der Waals surface area contributed by atoms with Gasteiger partial charge in [0.2, 0.25) is 0 Å². The van der Waals surface area contributed by atoms with Gasteiger partial charge >= 0.3 is 5.97 Å². The van der Waals surface area contributed by atoms with E-state index < -0.39 is 12.1 Å². The summed E-state index contributed by atoms with van der Waals surface area (Å²) in [6.45, 7) is 3.00. The summed E-state index contributed by atoms with van der Waals surface area (Å²) in [5.41, 5.74) is 3.74. The van der Waals surface area contributed by atoms with E-state index >= 15 is 0 Å². The molecule has 0 spiro atoms. The number of carboxylic acids is 1. The second-order valence-electron chi connectivity index (χ2n) is 7.05. The summed E-state index contributed by atoms with van der Waals surface area (Å²) in [4.78, 5) is 16.1. The highest BCUT2D eigenvalue weighted by molar-refractivity contribution is 7.13. The number of fused-ring (bicyclic) bond motifs is 1. The molecule has 3 aromatic rings. The Kier molecular flexibility index (Phi) is 6.75. The summed E-state index contributed by atoms with van der Waals surface area (Å²) >= 11 is 7.50. The maximum atomic E-state index is 11.4. The first kappa shape index (κ1) is 21.6. The molecule has 162 valence electrons. The first-order chi connectivity index (χ1) is 15.0. The largest absolute Gasteiger partial charge is 0.489 e. The average Bonchev–Trinajstić information content (AvgIpc) is 3.43. The third kappa shape index (κ3) is 5.01. The van der Waals surface area contributed by atoms with Crippen molar-refractivity contribution in [2.24, 2.45) is 0 Å². The van der Waals surface area contributed by atoms with E-state index in [1.165, 1.54) is 0 Å². The standard InChI is InChI=1S/C23H22ClNO5S/c1-2-28-20(23(26)27)11-15-5-8-19(21-18(15)9-10-29-21)30-12-17-13-31-22(25-17)14-3-6-16(24)7-4-14/h3-8,13,20H,2,9-12H2,1H3,(H,26,27). The Morgan fingerprint density at radius 1 is 1.29 bits per heavy atom. The number of carbonyl (C=O) groups is 1. The van der Waals surface area contributed by atoms with Gasteiger partial charge in [-0.3, -0.25) is 0 Å². The number of rotatable bonds is 9. The van der Waals surface area contributed by atoms with Gasteiger partial charge in [-0.05, 0) is 30.7 Å². The van der Waals surface area contributed by atoms with Gasteiger partial charge in [0.1, 0.15) is 11.6 Å². The van der Waals surface area contributed by atoms with Crippen LogP contribution in [0.5, 0.6) is 11.5 Å². The molecule has 2 heterocycles. The fourth-order valence-electron chi connectivity index (χ4n) is 3.51. The zero-order chi connectivity index (χ0) is 21.8. The summed E-state index contributed by atoms with van der Waals surface area (Å²) in [6, 6.07) is 11.3. The maximum Gasteiger partial charge on any atom is 0.333 e. The Bertz CT molecular complexity index is 1070. The van der Waals surface area contributed by atoms with Gasteiger partial charge < -0.3 is 19.3 Å². The van der Waals surface area contributed by atoms with E-state index in [0.717, 1.165) is 33.8 Å². The molecule has 1 atom stereocenters. The number of aliphatic carboxylic acids is 1. The van der Waals surface area contributed by atoms with Crippen LogP contribution in [-0.2, 0) is 29.0 Å². The summed E-state index contributed by atoms with van der Waals surface area (Å²) in [7, 11) is 0. The minimum Gasteiger partial charge on any atom is -0.489 e. The third-order valence-corrected chi connectivity index (χ3v) is 6.18. The van der Waals surface area contributed by atoms with Crippen LogP contribution in [0, 0.1) is 0 Å². The number of aromatic nitrogens is 1. The monoisotopic (exact) mass is 459 g/mol. The van der Waals surface area contributed by atoms with Gasteiger partial charge in [-0.2, -0.15) is 0 Å². The minimum atomic E-state index is -0.963. The van der Waals surface area contributed by atoms with E-state index in [4.69, 9.17) is 25.8 Å². The molecule has 8 heteroatoms. The highest BCUT2D eigenvalue weighted by Gasteiger charge is 2.25. The van der Waals surface area contributed by atoms with Crippen LogP contribution in [0.15, 0.2) is 41.8 Å². The van der Waals surface area contributed by atoms with Crippen LogP contribution in [0.25, 0.3) is 10.6 Å². The number of carboxylic acid groups (broad SMARTS) is 1.